The number of aromatic nitrogens is 2. The predicted molar refractivity (Wildman–Crippen MR) is 123 cm³/mol. The molecule has 182 valence electrons. The van der Waals surface area contributed by atoms with Crippen molar-refractivity contribution in [2.75, 3.05) is 6.54 Å². The summed E-state index contributed by atoms with van der Waals surface area (Å²) < 4.78 is 35.8. The highest BCUT2D eigenvalue weighted by molar-refractivity contribution is 7.89. The molecule has 0 aliphatic carbocycles. The zero-order valence-corrected chi connectivity index (χ0v) is 20.5. The number of hydrogen-bond acceptors (Lipinski definition) is 7. The lowest BCUT2D eigenvalue weighted by Gasteiger charge is -2.16. The number of non-ortho nitro benzene ring substituents is 1. The highest BCUT2D eigenvalue weighted by atomic mass is 32.2. The van der Waals surface area contributed by atoms with Crippen LogP contribution in [-0.4, -0.2) is 41.6 Å². The van der Waals surface area contributed by atoms with Crippen LogP contribution >= 0.6 is 0 Å². The Hall–Kier alpha value is -2.99. The standard InChI is InChI=1S/C21H31N5O6S/c1-7-14(5)24-33(30,31)18-11-16(26(28)29)9-10-17(18)32-21-15(6)19(23-25(21)8-2)20(27)22-12-13(3)4/h9-11,13-14,24H,7-8,12H2,1-6H3,(H,22,27). The van der Waals surface area contributed by atoms with Gasteiger partial charge in [-0.2, -0.15) is 5.10 Å². The lowest BCUT2D eigenvalue weighted by molar-refractivity contribution is -0.385. The molecular weight excluding hydrogens is 450 g/mol. The van der Waals surface area contributed by atoms with Gasteiger partial charge in [-0.1, -0.05) is 20.8 Å². The number of nitrogens with one attached hydrogen (secondary N) is 2. The van der Waals surface area contributed by atoms with Crippen molar-refractivity contribution < 1.29 is 22.9 Å². The molecule has 1 amide bonds. The van der Waals surface area contributed by atoms with Crippen molar-refractivity contribution in [3.05, 3.63) is 39.6 Å². The summed E-state index contributed by atoms with van der Waals surface area (Å²) in [7, 11) is -4.13. The fraction of sp³-hybridized carbons (Fsp3) is 0.524. The van der Waals surface area contributed by atoms with Crippen LogP contribution in [0.3, 0.4) is 0 Å². The fourth-order valence-electron chi connectivity index (χ4n) is 2.90. The summed E-state index contributed by atoms with van der Waals surface area (Å²) in [5, 5.41) is 18.4. The maximum absolute atomic E-state index is 13.0. The molecule has 1 aromatic heterocycles. The number of nitrogens with zero attached hydrogens (tertiary/aromatic N) is 3. The normalized spacial score (nSPS) is 12.6. The Kier molecular flexibility index (Phi) is 8.56. The molecule has 0 saturated heterocycles. The van der Waals surface area contributed by atoms with Crippen LogP contribution in [0.25, 0.3) is 0 Å². The minimum atomic E-state index is -4.13. The summed E-state index contributed by atoms with van der Waals surface area (Å²) in [6.45, 7) is 11.7. The zero-order valence-electron chi connectivity index (χ0n) is 19.7. The number of aryl methyl sites for hydroxylation is 1. The third-order valence-corrected chi connectivity index (χ3v) is 6.53. The second-order valence-corrected chi connectivity index (χ2v) is 9.80. The maximum atomic E-state index is 13.0. The maximum Gasteiger partial charge on any atom is 0.272 e. The highest BCUT2D eigenvalue weighted by Crippen LogP contribution is 2.34. The molecule has 2 rings (SSSR count). The minimum Gasteiger partial charge on any atom is -0.438 e. The minimum absolute atomic E-state index is 0.108. The van der Waals surface area contributed by atoms with Crippen LogP contribution in [0, 0.1) is 23.0 Å². The lowest BCUT2D eigenvalue weighted by Crippen LogP contribution is -2.32. The molecule has 1 heterocycles. The third-order valence-electron chi connectivity index (χ3n) is 4.92. The molecular formula is C21H31N5O6S. The van der Waals surface area contributed by atoms with Gasteiger partial charge in [0, 0.05) is 36.8 Å². The number of hydrogen-bond donors (Lipinski definition) is 2. The summed E-state index contributed by atoms with van der Waals surface area (Å²) in [5.74, 6) is -0.0402. The zero-order chi connectivity index (χ0) is 24.9. The second kappa shape index (κ2) is 10.8. The first-order chi connectivity index (χ1) is 15.4. The van der Waals surface area contributed by atoms with Crippen LogP contribution in [-0.2, 0) is 16.6 Å². The Balaban J connectivity index is 2.54. The van der Waals surface area contributed by atoms with E-state index in [0.717, 1.165) is 12.1 Å². The molecule has 0 radical (unpaired) electrons. The van der Waals surface area contributed by atoms with Gasteiger partial charge in [0.2, 0.25) is 15.9 Å². The number of carbonyl (C=O) groups excluding carboxylic acids is 1. The molecule has 1 unspecified atom stereocenters. The van der Waals surface area contributed by atoms with E-state index in [0.29, 0.717) is 25.1 Å². The molecule has 1 atom stereocenters. The van der Waals surface area contributed by atoms with Crippen molar-refractivity contribution in [1.29, 1.82) is 0 Å². The van der Waals surface area contributed by atoms with Gasteiger partial charge in [0.05, 0.1) is 4.92 Å². The van der Waals surface area contributed by atoms with Gasteiger partial charge < -0.3 is 10.1 Å². The van der Waals surface area contributed by atoms with Crippen LogP contribution in [0.1, 0.15) is 57.1 Å². The molecule has 0 aliphatic rings. The summed E-state index contributed by atoms with van der Waals surface area (Å²) >= 11 is 0. The number of carbonyl (C=O) groups is 1. The van der Waals surface area contributed by atoms with Crippen molar-refractivity contribution in [1.82, 2.24) is 19.8 Å². The van der Waals surface area contributed by atoms with Gasteiger partial charge in [0.1, 0.15) is 10.6 Å². The first-order valence-corrected chi connectivity index (χ1v) is 12.2. The Morgan fingerprint density at radius 1 is 1.27 bits per heavy atom. The molecule has 0 spiro atoms. The first kappa shape index (κ1) is 26.3. The summed E-state index contributed by atoms with van der Waals surface area (Å²) in [4.78, 5) is 22.8. The van der Waals surface area contributed by atoms with Crippen LogP contribution < -0.4 is 14.8 Å². The van der Waals surface area contributed by atoms with E-state index in [4.69, 9.17) is 4.74 Å². The van der Waals surface area contributed by atoms with E-state index in [1.165, 1.54) is 10.7 Å². The first-order valence-electron chi connectivity index (χ1n) is 10.7. The highest BCUT2D eigenvalue weighted by Gasteiger charge is 2.27. The monoisotopic (exact) mass is 481 g/mol. The number of rotatable bonds is 11. The van der Waals surface area contributed by atoms with Crippen LogP contribution in [0.2, 0.25) is 0 Å². The Morgan fingerprint density at radius 2 is 1.94 bits per heavy atom. The topological polar surface area (TPSA) is 145 Å². The number of nitro groups is 1. The van der Waals surface area contributed by atoms with Crippen molar-refractivity contribution in [3.63, 3.8) is 0 Å². The van der Waals surface area contributed by atoms with Gasteiger partial charge in [-0.15, -0.1) is 0 Å². The number of ether oxygens (including phenoxy) is 1. The molecule has 12 heteroatoms. The van der Waals surface area contributed by atoms with E-state index in [9.17, 15) is 23.3 Å². The Bertz CT molecular complexity index is 1130. The largest absolute Gasteiger partial charge is 0.438 e. The summed E-state index contributed by atoms with van der Waals surface area (Å²) in [5.41, 5.74) is 0.201. The molecule has 11 nitrogen and oxygen atoms in total. The average Bonchev–Trinajstić information content (AvgIpc) is 3.07. The van der Waals surface area contributed by atoms with Gasteiger partial charge >= 0.3 is 0 Å². The molecule has 0 saturated carbocycles. The number of benzene rings is 1. The van der Waals surface area contributed by atoms with E-state index in [2.05, 4.69) is 15.1 Å². The summed E-state index contributed by atoms with van der Waals surface area (Å²) in [6, 6.07) is 2.96. The van der Waals surface area contributed by atoms with Crippen LogP contribution in [0.5, 0.6) is 11.6 Å². The van der Waals surface area contributed by atoms with Crippen molar-refractivity contribution >= 4 is 21.6 Å². The SMILES string of the molecule is CCC(C)NS(=O)(=O)c1cc([N+](=O)[O-])ccc1Oc1c(C)c(C(=O)NCC(C)C)nn1CC. The van der Waals surface area contributed by atoms with E-state index in [-0.39, 0.29) is 45.8 Å². The third kappa shape index (κ3) is 6.29. The van der Waals surface area contributed by atoms with E-state index >= 15 is 0 Å². The quantitative estimate of drug-likeness (QED) is 0.369. The smallest absolute Gasteiger partial charge is 0.272 e. The van der Waals surface area contributed by atoms with Crippen molar-refractivity contribution in [3.8, 4) is 11.6 Å². The van der Waals surface area contributed by atoms with E-state index in [1.54, 1.807) is 20.8 Å². The molecule has 0 aliphatic heterocycles. The van der Waals surface area contributed by atoms with Crippen LogP contribution in [0.4, 0.5) is 5.69 Å². The van der Waals surface area contributed by atoms with Gasteiger partial charge in [-0.25, -0.2) is 17.8 Å². The predicted octanol–water partition coefficient (Wildman–Crippen LogP) is 3.37. The van der Waals surface area contributed by atoms with Gasteiger partial charge in [0.15, 0.2) is 5.69 Å². The fourth-order valence-corrected chi connectivity index (χ4v) is 4.37. The van der Waals surface area contributed by atoms with Crippen molar-refractivity contribution in [2.45, 2.75) is 65.4 Å². The molecule has 33 heavy (non-hydrogen) atoms. The summed E-state index contributed by atoms with van der Waals surface area (Å²) in [6.07, 6.45) is 0.529. The molecule has 0 bridgehead atoms. The van der Waals surface area contributed by atoms with Gasteiger partial charge in [-0.05, 0) is 39.2 Å². The van der Waals surface area contributed by atoms with E-state index < -0.39 is 14.9 Å². The number of amides is 1. The van der Waals surface area contributed by atoms with Crippen LogP contribution in [0.15, 0.2) is 23.1 Å². The Labute approximate surface area is 193 Å². The second-order valence-electron chi connectivity index (χ2n) is 8.12. The molecule has 2 aromatic rings. The number of nitro benzene ring substituents is 1. The van der Waals surface area contributed by atoms with Gasteiger partial charge in [-0.3, -0.25) is 14.9 Å². The molecule has 2 N–H and O–H groups in total. The van der Waals surface area contributed by atoms with Crippen molar-refractivity contribution in [2.24, 2.45) is 5.92 Å². The molecule has 1 aromatic carbocycles. The number of sulfonamides is 1. The molecule has 0 fully saturated rings. The Morgan fingerprint density at radius 3 is 2.48 bits per heavy atom. The average molecular weight is 482 g/mol. The lowest BCUT2D eigenvalue weighted by atomic mass is 10.2. The van der Waals surface area contributed by atoms with E-state index in [1.807, 2.05) is 20.8 Å². The van der Waals surface area contributed by atoms with Gasteiger partial charge in [0.25, 0.3) is 11.6 Å².